The first-order valence-electron chi connectivity index (χ1n) is 13.6. The fourth-order valence-corrected chi connectivity index (χ4v) is 5.55. The first-order chi connectivity index (χ1) is 18.5. The van der Waals surface area contributed by atoms with E-state index in [1.807, 2.05) is 55.5 Å². The molecule has 0 bridgehead atoms. The van der Waals surface area contributed by atoms with Crippen molar-refractivity contribution in [3.63, 3.8) is 0 Å². The number of likely N-dealkylation sites (tertiary alicyclic amines) is 1. The Balaban J connectivity index is 1.10. The van der Waals surface area contributed by atoms with E-state index in [0.29, 0.717) is 12.4 Å². The summed E-state index contributed by atoms with van der Waals surface area (Å²) in [6.45, 7) is 4.28. The van der Waals surface area contributed by atoms with Crippen LogP contribution in [0, 0.1) is 18.8 Å². The third-order valence-electron chi connectivity index (χ3n) is 7.70. The number of aromatic nitrogens is 1. The summed E-state index contributed by atoms with van der Waals surface area (Å²) in [4.78, 5) is 18.9. The smallest absolute Gasteiger partial charge is 0.308 e. The van der Waals surface area contributed by atoms with Gasteiger partial charge in [0.1, 0.15) is 5.76 Å². The van der Waals surface area contributed by atoms with Gasteiger partial charge in [-0.15, -0.1) is 0 Å². The maximum absolute atomic E-state index is 11.9. The van der Waals surface area contributed by atoms with Crippen LogP contribution in [-0.4, -0.2) is 34.0 Å². The maximum Gasteiger partial charge on any atom is 0.308 e. The number of aryl methyl sites for hydroxylation is 4. The summed E-state index contributed by atoms with van der Waals surface area (Å²) in [5.41, 5.74) is 5.87. The van der Waals surface area contributed by atoms with Crippen LogP contribution < -0.4 is 0 Å². The Labute approximate surface area is 225 Å². The van der Waals surface area contributed by atoms with Crippen LogP contribution in [0.5, 0.6) is 0 Å². The Hall–Kier alpha value is -3.70. The molecule has 196 valence electrons. The second-order valence-corrected chi connectivity index (χ2v) is 10.5. The lowest BCUT2D eigenvalue weighted by atomic mass is 9.90. The Morgan fingerprint density at radius 1 is 0.868 bits per heavy atom. The average molecular weight is 509 g/mol. The first kappa shape index (κ1) is 25.9. The number of benzene rings is 3. The predicted octanol–water partition coefficient (Wildman–Crippen LogP) is 6.59. The van der Waals surface area contributed by atoms with E-state index in [2.05, 4.69) is 41.3 Å². The van der Waals surface area contributed by atoms with Crippen molar-refractivity contribution in [2.75, 3.05) is 13.1 Å². The van der Waals surface area contributed by atoms with Crippen molar-refractivity contribution in [1.82, 2.24) is 9.88 Å². The van der Waals surface area contributed by atoms with Gasteiger partial charge in [0.25, 0.3) is 0 Å². The molecule has 5 rings (SSSR count). The normalized spacial score (nSPS) is 17.6. The zero-order valence-electron chi connectivity index (χ0n) is 22.1. The zero-order valence-corrected chi connectivity index (χ0v) is 22.1. The Morgan fingerprint density at radius 2 is 1.53 bits per heavy atom. The van der Waals surface area contributed by atoms with Gasteiger partial charge in [-0.3, -0.25) is 9.69 Å². The van der Waals surface area contributed by atoms with Gasteiger partial charge in [0, 0.05) is 25.2 Å². The molecule has 2 atom stereocenters. The maximum atomic E-state index is 11.9. The quantitative estimate of drug-likeness (QED) is 0.248. The number of aliphatic carboxylic acids is 1. The molecular formula is C33H36N2O3. The second-order valence-electron chi connectivity index (χ2n) is 10.5. The summed E-state index contributed by atoms with van der Waals surface area (Å²) in [6.07, 6.45) is 4.71. The lowest BCUT2D eigenvalue weighted by Gasteiger charge is -2.16. The standard InChI is InChI=1S/C33H36N2O3/c1-24-31(34-32(38-24)28-12-6-3-7-13-28)14-8-11-25-15-17-26(18-16-25)19-20-29-22-35(23-30(29)33(36)37)21-27-9-4-2-5-10-27/h2-7,9-10,12-13,15-18,29-30H,8,11,14,19-23H2,1H3,(H,36,37)/t29-,30+/m1/s1. The van der Waals surface area contributed by atoms with E-state index < -0.39 is 5.97 Å². The van der Waals surface area contributed by atoms with Gasteiger partial charge in [-0.05, 0) is 73.8 Å². The molecule has 0 unspecified atom stereocenters. The molecule has 3 aromatic carbocycles. The first-order valence-corrected chi connectivity index (χ1v) is 13.6. The molecule has 0 amide bonds. The van der Waals surface area contributed by atoms with E-state index in [0.717, 1.165) is 62.2 Å². The van der Waals surface area contributed by atoms with E-state index in [9.17, 15) is 9.90 Å². The summed E-state index contributed by atoms with van der Waals surface area (Å²) < 4.78 is 5.90. The fourth-order valence-electron chi connectivity index (χ4n) is 5.55. The molecule has 5 heteroatoms. The second kappa shape index (κ2) is 12.2. The largest absolute Gasteiger partial charge is 0.481 e. The van der Waals surface area contributed by atoms with E-state index in [-0.39, 0.29) is 11.8 Å². The highest BCUT2D eigenvalue weighted by Crippen LogP contribution is 2.29. The summed E-state index contributed by atoms with van der Waals surface area (Å²) in [7, 11) is 0. The van der Waals surface area contributed by atoms with E-state index in [1.165, 1.54) is 16.7 Å². The molecule has 2 heterocycles. The summed E-state index contributed by atoms with van der Waals surface area (Å²) in [6, 6.07) is 29.2. The van der Waals surface area contributed by atoms with Crippen molar-refractivity contribution in [3.8, 4) is 11.5 Å². The number of carboxylic acid groups (broad SMARTS) is 1. The van der Waals surface area contributed by atoms with Crippen LogP contribution in [-0.2, 0) is 30.6 Å². The molecule has 38 heavy (non-hydrogen) atoms. The molecule has 1 aliphatic rings. The van der Waals surface area contributed by atoms with Crippen LogP contribution >= 0.6 is 0 Å². The molecule has 1 N–H and O–H groups in total. The Bertz CT molecular complexity index is 1320. The molecule has 1 fully saturated rings. The SMILES string of the molecule is Cc1oc(-c2ccccc2)nc1CCCc1ccc(CC[C@@H]2CN(Cc3ccccc3)C[C@@H]2C(=O)O)cc1. The van der Waals surface area contributed by atoms with Crippen molar-refractivity contribution in [1.29, 1.82) is 0 Å². The number of oxazole rings is 1. The van der Waals surface area contributed by atoms with E-state index in [4.69, 9.17) is 9.40 Å². The minimum atomic E-state index is -0.667. The van der Waals surface area contributed by atoms with Gasteiger partial charge in [-0.2, -0.15) is 0 Å². The van der Waals surface area contributed by atoms with Crippen molar-refractivity contribution in [2.24, 2.45) is 11.8 Å². The Kier molecular flexibility index (Phi) is 8.34. The van der Waals surface area contributed by atoms with Crippen molar-refractivity contribution in [2.45, 2.75) is 45.6 Å². The lowest BCUT2D eigenvalue weighted by Crippen LogP contribution is -2.23. The van der Waals surface area contributed by atoms with Gasteiger partial charge in [-0.25, -0.2) is 4.98 Å². The molecular weight excluding hydrogens is 472 g/mol. The van der Waals surface area contributed by atoms with E-state index >= 15 is 0 Å². The van der Waals surface area contributed by atoms with Gasteiger partial charge in [-0.1, -0.05) is 72.8 Å². The van der Waals surface area contributed by atoms with Crippen LogP contribution in [0.15, 0.2) is 89.3 Å². The third kappa shape index (κ3) is 6.59. The minimum absolute atomic E-state index is 0.183. The van der Waals surface area contributed by atoms with Crippen LogP contribution in [0.1, 0.15) is 41.0 Å². The van der Waals surface area contributed by atoms with Gasteiger partial charge in [0.15, 0.2) is 0 Å². The number of nitrogens with zero attached hydrogens (tertiary/aromatic N) is 2. The number of rotatable bonds is 11. The molecule has 1 saturated heterocycles. The molecule has 4 aromatic rings. The molecule has 1 aliphatic heterocycles. The van der Waals surface area contributed by atoms with Gasteiger partial charge in [0.05, 0.1) is 11.6 Å². The molecule has 0 aliphatic carbocycles. The highest BCUT2D eigenvalue weighted by molar-refractivity contribution is 5.71. The number of carbonyl (C=O) groups is 1. The molecule has 0 saturated carbocycles. The predicted molar refractivity (Wildman–Crippen MR) is 150 cm³/mol. The van der Waals surface area contributed by atoms with E-state index in [1.54, 1.807) is 0 Å². The van der Waals surface area contributed by atoms with Gasteiger partial charge < -0.3 is 9.52 Å². The van der Waals surface area contributed by atoms with Crippen molar-refractivity contribution >= 4 is 5.97 Å². The van der Waals surface area contributed by atoms with Crippen LogP contribution in [0.25, 0.3) is 11.5 Å². The van der Waals surface area contributed by atoms with Crippen molar-refractivity contribution in [3.05, 3.63) is 113 Å². The Morgan fingerprint density at radius 3 is 2.21 bits per heavy atom. The summed E-state index contributed by atoms with van der Waals surface area (Å²) in [5.74, 6) is 0.813. The van der Waals surface area contributed by atoms with Gasteiger partial charge >= 0.3 is 5.97 Å². The fraction of sp³-hybridized carbons (Fsp3) is 0.333. The topological polar surface area (TPSA) is 66.6 Å². The number of carboxylic acids is 1. The molecule has 1 aromatic heterocycles. The van der Waals surface area contributed by atoms with Gasteiger partial charge in [0.2, 0.25) is 5.89 Å². The lowest BCUT2D eigenvalue weighted by molar-refractivity contribution is -0.142. The summed E-state index contributed by atoms with van der Waals surface area (Å²) in [5, 5.41) is 9.81. The van der Waals surface area contributed by atoms with Crippen LogP contribution in [0.3, 0.4) is 0 Å². The molecule has 5 nitrogen and oxygen atoms in total. The highest BCUT2D eigenvalue weighted by Gasteiger charge is 2.37. The number of hydrogen-bond acceptors (Lipinski definition) is 4. The molecule has 0 radical (unpaired) electrons. The highest BCUT2D eigenvalue weighted by atomic mass is 16.4. The average Bonchev–Trinajstić information content (AvgIpc) is 3.52. The number of hydrogen-bond donors (Lipinski definition) is 1. The zero-order chi connectivity index (χ0) is 26.3. The molecule has 0 spiro atoms. The monoisotopic (exact) mass is 508 g/mol. The van der Waals surface area contributed by atoms with Crippen molar-refractivity contribution < 1.29 is 14.3 Å². The summed E-state index contributed by atoms with van der Waals surface area (Å²) >= 11 is 0. The minimum Gasteiger partial charge on any atom is -0.481 e. The van der Waals surface area contributed by atoms with Crippen LogP contribution in [0.2, 0.25) is 0 Å². The third-order valence-corrected chi connectivity index (χ3v) is 7.70. The van der Waals surface area contributed by atoms with Crippen LogP contribution in [0.4, 0.5) is 0 Å².